The van der Waals surface area contributed by atoms with Gasteiger partial charge in [0.1, 0.15) is 16.2 Å². The van der Waals surface area contributed by atoms with E-state index in [1.165, 1.54) is 24.1 Å². The first-order valence-corrected chi connectivity index (χ1v) is 6.95. The van der Waals surface area contributed by atoms with Gasteiger partial charge in [0.2, 0.25) is 0 Å². The fourth-order valence-electron chi connectivity index (χ4n) is 2.50. The minimum atomic E-state index is 0.749. The number of hydrogen-bond donors (Lipinski definition) is 1. The predicted octanol–water partition coefficient (Wildman–Crippen LogP) is 3.69. The second kappa shape index (κ2) is 5.13. The molecule has 3 rings (SSSR count). The number of nitrogens with one attached hydrogen (secondary N) is 1. The second-order valence-corrected chi connectivity index (χ2v) is 5.17. The van der Waals surface area contributed by atoms with Crippen LogP contribution in [0.4, 0.5) is 0 Å². The highest BCUT2D eigenvalue weighted by Gasteiger charge is 2.13. The number of aromatic amines is 1. The highest BCUT2D eigenvalue weighted by molar-refractivity contribution is 7.71. The molecule has 3 nitrogen and oxygen atoms in total. The van der Waals surface area contributed by atoms with Crippen LogP contribution in [-0.4, -0.2) is 17.1 Å². The van der Waals surface area contributed by atoms with Gasteiger partial charge in [0.05, 0.1) is 7.11 Å². The van der Waals surface area contributed by atoms with Crippen molar-refractivity contribution in [3.8, 4) is 17.1 Å². The number of ether oxygens (including phenoxy) is 1. The van der Waals surface area contributed by atoms with E-state index in [1.54, 1.807) is 7.11 Å². The van der Waals surface area contributed by atoms with E-state index in [2.05, 4.69) is 9.97 Å². The standard InChI is InChI=1S/C15H16N2OS/c1-18-11-8-6-10(7-9-11)14-16-13-5-3-2-4-12(13)15(19)17-14/h6-9H,2-5H2,1H3,(H,16,17,19). The van der Waals surface area contributed by atoms with Crippen LogP contribution in [0.5, 0.6) is 5.75 Å². The van der Waals surface area contributed by atoms with E-state index in [0.29, 0.717) is 0 Å². The Hall–Kier alpha value is -1.68. The molecule has 19 heavy (non-hydrogen) atoms. The predicted molar refractivity (Wildman–Crippen MR) is 78.1 cm³/mol. The fraction of sp³-hybridized carbons (Fsp3) is 0.333. The molecule has 0 amide bonds. The molecule has 1 aliphatic rings. The number of aryl methyl sites for hydroxylation is 1. The molecule has 0 saturated heterocycles. The van der Waals surface area contributed by atoms with Crippen molar-refractivity contribution in [2.24, 2.45) is 0 Å². The summed E-state index contributed by atoms with van der Waals surface area (Å²) in [7, 11) is 1.67. The first-order valence-electron chi connectivity index (χ1n) is 6.54. The Morgan fingerprint density at radius 3 is 2.63 bits per heavy atom. The lowest BCUT2D eigenvalue weighted by atomic mass is 9.97. The molecule has 0 fully saturated rings. The van der Waals surface area contributed by atoms with Crippen LogP contribution in [0.3, 0.4) is 0 Å². The molecular formula is C15H16N2OS. The van der Waals surface area contributed by atoms with Crippen molar-refractivity contribution in [2.45, 2.75) is 25.7 Å². The molecule has 98 valence electrons. The van der Waals surface area contributed by atoms with E-state index in [4.69, 9.17) is 17.0 Å². The van der Waals surface area contributed by atoms with E-state index >= 15 is 0 Å². The Bertz CT molecular complexity index is 646. The summed E-state index contributed by atoms with van der Waals surface area (Å²) in [5.41, 5.74) is 3.54. The maximum atomic E-state index is 5.42. The van der Waals surface area contributed by atoms with Crippen LogP contribution in [0.15, 0.2) is 24.3 Å². The number of aromatic nitrogens is 2. The molecule has 1 aromatic heterocycles. The molecule has 0 aliphatic heterocycles. The lowest BCUT2D eigenvalue weighted by molar-refractivity contribution is 0.415. The van der Waals surface area contributed by atoms with Crippen molar-refractivity contribution in [2.75, 3.05) is 7.11 Å². The molecule has 0 atom stereocenters. The van der Waals surface area contributed by atoms with Crippen LogP contribution in [-0.2, 0) is 12.8 Å². The third-order valence-electron chi connectivity index (χ3n) is 3.57. The van der Waals surface area contributed by atoms with E-state index < -0.39 is 0 Å². The molecule has 2 aromatic rings. The molecule has 0 spiro atoms. The van der Waals surface area contributed by atoms with Gasteiger partial charge in [-0.3, -0.25) is 0 Å². The SMILES string of the molecule is COc1ccc(-c2nc(=S)c3c([nH]2)CCCC3)cc1. The van der Waals surface area contributed by atoms with Crippen LogP contribution in [0.1, 0.15) is 24.1 Å². The molecule has 1 N–H and O–H groups in total. The summed E-state index contributed by atoms with van der Waals surface area (Å²) < 4.78 is 5.92. The van der Waals surface area contributed by atoms with Crippen molar-refractivity contribution >= 4 is 12.2 Å². The maximum Gasteiger partial charge on any atom is 0.139 e. The van der Waals surface area contributed by atoms with E-state index in [0.717, 1.165) is 34.6 Å². The summed E-state index contributed by atoms with van der Waals surface area (Å²) in [5, 5.41) is 0. The van der Waals surface area contributed by atoms with Crippen molar-refractivity contribution < 1.29 is 4.74 Å². The summed E-state index contributed by atoms with van der Waals surface area (Å²) >= 11 is 5.42. The summed E-state index contributed by atoms with van der Waals surface area (Å²) in [6, 6.07) is 7.88. The maximum absolute atomic E-state index is 5.42. The van der Waals surface area contributed by atoms with Gasteiger partial charge < -0.3 is 9.72 Å². The molecule has 1 aliphatic carbocycles. The van der Waals surface area contributed by atoms with Crippen LogP contribution >= 0.6 is 12.2 Å². The van der Waals surface area contributed by atoms with Crippen LogP contribution < -0.4 is 4.74 Å². The minimum absolute atomic E-state index is 0.749. The van der Waals surface area contributed by atoms with Crippen molar-refractivity contribution in [3.05, 3.63) is 40.2 Å². The van der Waals surface area contributed by atoms with Gasteiger partial charge in [-0.15, -0.1) is 0 Å². The monoisotopic (exact) mass is 272 g/mol. The van der Waals surface area contributed by atoms with E-state index in [1.807, 2.05) is 24.3 Å². The Labute approximate surface area is 117 Å². The smallest absolute Gasteiger partial charge is 0.139 e. The largest absolute Gasteiger partial charge is 0.497 e. The lowest BCUT2D eigenvalue weighted by Gasteiger charge is -2.16. The third kappa shape index (κ3) is 2.40. The van der Waals surface area contributed by atoms with Crippen LogP contribution in [0.25, 0.3) is 11.4 Å². The summed E-state index contributed by atoms with van der Waals surface area (Å²) in [6.07, 6.45) is 4.57. The van der Waals surface area contributed by atoms with Gasteiger partial charge in [-0.05, 0) is 49.9 Å². The normalized spacial score (nSPS) is 13.9. The number of rotatable bonds is 2. The Kier molecular flexibility index (Phi) is 3.34. The molecular weight excluding hydrogens is 256 g/mol. The lowest BCUT2D eigenvalue weighted by Crippen LogP contribution is -2.08. The molecule has 0 bridgehead atoms. The Morgan fingerprint density at radius 2 is 1.89 bits per heavy atom. The number of nitrogens with zero attached hydrogens (tertiary/aromatic N) is 1. The average molecular weight is 272 g/mol. The number of methoxy groups -OCH3 is 1. The molecule has 4 heteroatoms. The molecule has 0 unspecified atom stereocenters. The van der Waals surface area contributed by atoms with E-state index in [9.17, 15) is 0 Å². The number of benzene rings is 1. The first kappa shape index (κ1) is 12.4. The molecule has 0 radical (unpaired) electrons. The topological polar surface area (TPSA) is 37.9 Å². The van der Waals surface area contributed by atoms with Gasteiger partial charge in [-0.25, -0.2) is 4.98 Å². The Balaban J connectivity index is 2.05. The van der Waals surface area contributed by atoms with Gasteiger partial charge in [0.15, 0.2) is 0 Å². The zero-order valence-corrected chi connectivity index (χ0v) is 11.7. The van der Waals surface area contributed by atoms with Crippen LogP contribution in [0, 0.1) is 4.64 Å². The Morgan fingerprint density at radius 1 is 1.16 bits per heavy atom. The zero-order valence-electron chi connectivity index (χ0n) is 10.9. The van der Waals surface area contributed by atoms with Crippen molar-refractivity contribution in [1.82, 2.24) is 9.97 Å². The summed E-state index contributed by atoms with van der Waals surface area (Å²) in [4.78, 5) is 7.97. The number of fused-ring (bicyclic) bond motifs is 1. The van der Waals surface area contributed by atoms with Gasteiger partial charge in [-0.1, -0.05) is 12.2 Å². The summed E-state index contributed by atoms with van der Waals surface area (Å²) in [5.74, 6) is 1.70. The molecule has 0 saturated carbocycles. The highest BCUT2D eigenvalue weighted by atomic mass is 32.1. The van der Waals surface area contributed by atoms with Gasteiger partial charge in [-0.2, -0.15) is 0 Å². The average Bonchev–Trinajstić information content (AvgIpc) is 2.47. The fourth-order valence-corrected chi connectivity index (χ4v) is 2.82. The first-order chi connectivity index (χ1) is 9.28. The molecule has 1 heterocycles. The zero-order chi connectivity index (χ0) is 13.2. The van der Waals surface area contributed by atoms with Gasteiger partial charge >= 0.3 is 0 Å². The third-order valence-corrected chi connectivity index (χ3v) is 3.91. The molecule has 1 aromatic carbocycles. The minimum Gasteiger partial charge on any atom is -0.497 e. The van der Waals surface area contributed by atoms with Gasteiger partial charge in [0, 0.05) is 16.8 Å². The second-order valence-electron chi connectivity index (χ2n) is 4.78. The van der Waals surface area contributed by atoms with E-state index in [-0.39, 0.29) is 0 Å². The van der Waals surface area contributed by atoms with Crippen molar-refractivity contribution in [1.29, 1.82) is 0 Å². The van der Waals surface area contributed by atoms with Crippen molar-refractivity contribution in [3.63, 3.8) is 0 Å². The number of hydrogen-bond acceptors (Lipinski definition) is 3. The van der Waals surface area contributed by atoms with Crippen LogP contribution in [0.2, 0.25) is 0 Å². The highest BCUT2D eigenvalue weighted by Crippen LogP contribution is 2.24. The van der Waals surface area contributed by atoms with Gasteiger partial charge in [0.25, 0.3) is 0 Å². The summed E-state index contributed by atoms with van der Waals surface area (Å²) in [6.45, 7) is 0. The number of H-pyrrole nitrogens is 1. The quantitative estimate of drug-likeness (QED) is 0.847.